The van der Waals surface area contributed by atoms with Crippen molar-refractivity contribution >= 4 is 22.5 Å². The number of fused-ring (bicyclic) bond motifs is 1. The molecule has 0 aliphatic heterocycles. The van der Waals surface area contributed by atoms with Gasteiger partial charge in [0.25, 0.3) is 5.43 Å². The number of aromatic amines is 1. The third-order valence-corrected chi connectivity index (χ3v) is 2.46. The van der Waals surface area contributed by atoms with Gasteiger partial charge in [0.1, 0.15) is 5.52 Å². The molecule has 1 N–H and O–H groups in total. The zero-order valence-corrected chi connectivity index (χ0v) is 8.51. The van der Waals surface area contributed by atoms with Gasteiger partial charge in [-0.3, -0.25) is 4.79 Å². The average molecular weight is 210 g/mol. The molecule has 0 spiro atoms. The zero-order valence-electron chi connectivity index (χ0n) is 7.75. The lowest BCUT2D eigenvalue weighted by Gasteiger charge is -1.98. The molecule has 0 saturated heterocycles. The van der Waals surface area contributed by atoms with E-state index >= 15 is 0 Å². The van der Waals surface area contributed by atoms with Crippen molar-refractivity contribution in [2.75, 3.05) is 0 Å². The Hall–Kier alpha value is -1.35. The Morgan fingerprint density at radius 1 is 1.50 bits per heavy atom. The van der Waals surface area contributed by atoms with Crippen LogP contribution in [0.25, 0.3) is 10.9 Å². The third kappa shape index (κ3) is 1.40. The Morgan fingerprint density at radius 2 is 2.29 bits per heavy atom. The lowest BCUT2D eigenvalue weighted by Crippen LogP contribution is -2.40. The number of halogens is 1. The number of hydrogen-bond donors (Lipinski definition) is 1. The number of nitrogens with zero attached hydrogens (tertiary/aromatic N) is 1. The Balaban J connectivity index is 2.91. The van der Waals surface area contributed by atoms with Gasteiger partial charge in [-0.15, -0.1) is 4.68 Å². The number of aryl methyl sites for hydroxylation is 1. The number of aromatic nitrogens is 2. The maximum Gasteiger partial charge on any atom is 0.253 e. The second kappa shape index (κ2) is 3.42. The number of rotatable bonds is 1. The fourth-order valence-corrected chi connectivity index (χ4v) is 1.62. The summed E-state index contributed by atoms with van der Waals surface area (Å²) in [4.78, 5) is 11.6. The van der Waals surface area contributed by atoms with Gasteiger partial charge < -0.3 is 0 Å². The number of nitrogens with one attached hydrogen (secondary N) is 1. The molecule has 0 saturated carbocycles. The summed E-state index contributed by atoms with van der Waals surface area (Å²) in [5, 5.41) is 4.27. The van der Waals surface area contributed by atoms with Crippen molar-refractivity contribution in [1.82, 2.24) is 5.10 Å². The van der Waals surface area contributed by atoms with E-state index in [-0.39, 0.29) is 5.43 Å². The van der Waals surface area contributed by atoms with E-state index in [1.165, 1.54) is 0 Å². The van der Waals surface area contributed by atoms with E-state index in [1.54, 1.807) is 29.1 Å². The monoisotopic (exact) mass is 209 g/mol. The summed E-state index contributed by atoms with van der Waals surface area (Å²) in [7, 11) is 0. The Labute approximate surface area is 85.9 Å². The molecule has 3 nitrogen and oxygen atoms in total. The van der Waals surface area contributed by atoms with Gasteiger partial charge in [0.2, 0.25) is 6.20 Å². The highest BCUT2D eigenvalue weighted by atomic mass is 35.5. The summed E-state index contributed by atoms with van der Waals surface area (Å²) < 4.78 is 1.72. The largest absolute Gasteiger partial charge is 0.282 e. The number of hydrogen-bond acceptors (Lipinski definition) is 1. The molecular weight excluding hydrogens is 200 g/mol. The Bertz CT molecular complexity index is 533. The summed E-state index contributed by atoms with van der Waals surface area (Å²) in [6.45, 7) is 2.68. The molecule has 0 amide bonds. The first-order chi connectivity index (χ1) is 6.72. The minimum Gasteiger partial charge on any atom is -0.282 e. The van der Waals surface area contributed by atoms with Crippen LogP contribution in [0.15, 0.2) is 29.2 Å². The summed E-state index contributed by atoms with van der Waals surface area (Å²) in [5.41, 5.74) is 0.687. The van der Waals surface area contributed by atoms with E-state index in [1.807, 2.05) is 6.92 Å². The van der Waals surface area contributed by atoms with Crippen molar-refractivity contribution in [1.29, 1.82) is 0 Å². The molecule has 2 rings (SSSR count). The zero-order chi connectivity index (χ0) is 10.1. The molecule has 72 valence electrons. The van der Waals surface area contributed by atoms with Crippen molar-refractivity contribution in [3.63, 3.8) is 0 Å². The van der Waals surface area contributed by atoms with Gasteiger partial charge in [0.15, 0.2) is 6.54 Å². The van der Waals surface area contributed by atoms with Gasteiger partial charge in [-0.2, -0.15) is 5.10 Å². The first-order valence-corrected chi connectivity index (χ1v) is 4.81. The van der Waals surface area contributed by atoms with Crippen molar-refractivity contribution in [2.24, 2.45) is 0 Å². The van der Waals surface area contributed by atoms with Crippen LogP contribution in [0.2, 0.25) is 5.02 Å². The van der Waals surface area contributed by atoms with Gasteiger partial charge in [-0.05, 0) is 19.1 Å². The van der Waals surface area contributed by atoms with Gasteiger partial charge >= 0.3 is 0 Å². The van der Waals surface area contributed by atoms with Gasteiger partial charge in [0, 0.05) is 0 Å². The summed E-state index contributed by atoms with van der Waals surface area (Å²) in [5.74, 6) is 0. The van der Waals surface area contributed by atoms with E-state index in [4.69, 9.17) is 11.6 Å². The third-order valence-electron chi connectivity index (χ3n) is 2.15. The van der Waals surface area contributed by atoms with E-state index in [2.05, 4.69) is 5.10 Å². The second-order valence-electron chi connectivity index (χ2n) is 3.05. The maximum absolute atomic E-state index is 11.6. The quantitative estimate of drug-likeness (QED) is 0.710. The molecule has 2 aromatic rings. The molecule has 14 heavy (non-hydrogen) atoms. The summed E-state index contributed by atoms with van der Waals surface area (Å²) >= 11 is 5.97. The molecule has 1 aromatic heterocycles. The van der Waals surface area contributed by atoms with Crippen molar-refractivity contribution in [3.05, 3.63) is 39.6 Å². The molecule has 0 radical (unpaired) electrons. The van der Waals surface area contributed by atoms with E-state index in [9.17, 15) is 4.79 Å². The fourth-order valence-electron chi connectivity index (χ4n) is 1.40. The van der Waals surface area contributed by atoms with Crippen LogP contribution < -0.4 is 10.1 Å². The minimum absolute atomic E-state index is 0.0110. The molecule has 0 aliphatic rings. The van der Waals surface area contributed by atoms with Crippen LogP contribution >= 0.6 is 11.6 Å². The second-order valence-corrected chi connectivity index (χ2v) is 3.46. The highest BCUT2D eigenvalue weighted by Gasteiger charge is 2.08. The molecule has 1 aromatic carbocycles. The Kier molecular flexibility index (Phi) is 2.25. The van der Waals surface area contributed by atoms with Gasteiger partial charge in [-0.1, -0.05) is 17.7 Å². The topological polar surface area (TPSA) is 36.7 Å². The number of para-hydroxylation sites is 1. The van der Waals surface area contributed by atoms with Crippen LogP contribution in [0, 0.1) is 0 Å². The molecule has 0 aliphatic carbocycles. The normalized spacial score (nSPS) is 10.7. The lowest BCUT2D eigenvalue weighted by molar-refractivity contribution is -0.749. The van der Waals surface area contributed by atoms with Crippen LogP contribution in [0.5, 0.6) is 0 Å². The van der Waals surface area contributed by atoms with E-state index < -0.39 is 0 Å². The molecule has 0 bridgehead atoms. The first-order valence-electron chi connectivity index (χ1n) is 4.43. The molecule has 0 atom stereocenters. The predicted molar refractivity (Wildman–Crippen MR) is 55.4 cm³/mol. The lowest BCUT2D eigenvalue weighted by atomic mass is 10.2. The van der Waals surface area contributed by atoms with Crippen LogP contribution in [-0.4, -0.2) is 5.10 Å². The number of benzene rings is 1. The SMILES string of the molecule is CC[n+]1cc(=O)c2cccc(Cl)c2[nH]1. The van der Waals surface area contributed by atoms with E-state index in [0.717, 1.165) is 6.54 Å². The van der Waals surface area contributed by atoms with E-state index in [0.29, 0.717) is 15.9 Å². The first kappa shape index (κ1) is 9.21. The van der Waals surface area contributed by atoms with Crippen molar-refractivity contribution in [2.45, 2.75) is 13.5 Å². The molecule has 0 fully saturated rings. The molecule has 0 unspecified atom stereocenters. The van der Waals surface area contributed by atoms with Crippen LogP contribution in [0.3, 0.4) is 0 Å². The fraction of sp³-hybridized carbons (Fsp3) is 0.200. The minimum atomic E-state index is -0.0110. The molecule has 1 heterocycles. The summed E-state index contributed by atoms with van der Waals surface area (Å²) in [6, 6.07) is 5.30. The Morgan fingerprint density at radius 3 is 3.00 bits per heavy atom. The maximum atomic E-state index is 11.6. The highest BCUT2D eigenvalue weighted by molar-refractivity contribution is 6.34. The number of H-pyrrole nitrogens is 1. The van der Waals surface area contributed by atoms with Crippen molar-refractivity contribution in [3.8, 4) is 0 Å². The highest BCUT2D eigenvalue weighted by Crippen LogP contribution is 2.16. The molecule has 4 heteroatoms. The predicted octanol–water partition coefficient (Wildman–Crippen LogP) is 1.49. The van der Waals surface area contributed by atoms with Gasteiger partial charge in [-0.25, -0.2) is 0 Å². The van der Waals surface area contributed by atoms with Gasteiger partial charge in [0.05, 0.1) is 10.4 Å². The van der Waals surface area contributed by atoms with Crippen LogP contribution in [0.1, 0.15) is 6.92 Å². The van der Waals surface area contributed by atoms with Crippen LogP contribution in [-0.2, 0) is 6.54 Å². The van der Waals surface area contributed by atoms with Crippen molar-refractivity contribution < 1.29 is 4.68 Å². The summed E-state index contributed by atoms with van der Waals surface area (Å²) in [6.07, 6.45) is 1.54. The smallest absolute Gasteiger partial charge is 0.253 e. The van der Waals surface area contributed by atoms with Crippen LogP contribution in [0.4, 0.5) is 0 Å². The average Bonchev–Trinajstić information content (AvgIpc) is 2.19. The standard InChI is InChI=1S/C10H9ClN2O/c1-2-13-6-9(14)7-4-3-5-8(11)10(7)12-13/h3-6H,2H2,1H3/p+1. The molecular formula is C10H10ClN2O+.